The maximum absolute atomic E-state index is 12.3. The van der Waals surface area contributed by atoms with Crippen LogP contribution >= 0.6 is 0 Å². The van der Waals surface area contributed by atoms with Crippen LogP contribution in [0.2, 0.25) is 0 Å². The maximum Gasteiger partial charge on any atom is 0.338 e. The van der Waals surface area contributed by atoms with E-state index in [1.807, 2.05) is 50.2 Å². The number of hydrogen-bond donors (Lipinski definition) is 0. The van der Waals surface area contributed by atoms with Crippen molar-refractivity contribution in [1.82, 2.24) is 5.01 Å². The predicted octanol–water partition coefficient (Wildman–Crippen LogP) is 3.10. The van der Waals surface area contributed by atoms with Crippen LogP contribution in [0.3, 0.4) is 0 Å². The monoisotopic (exact) mass is 336 g/mol. The summed E-state index contributed by atoms with van der Waals surface area (Å²) in [7, 11) is 0. The molecule has 2 aromatic rings. The van der Waals surface area contributed by atoms with Gasteiger partial charge in [-0.25, -0.2) is 9.80 Å². The van der Waals surface area contributed by atoms with Crippen molar-refractivity contribution >= 4 is 17.6 Å². The fraction of sp³-hybridized carbons (Fsp3) is 0.250. The standard InChI is InChI=1S/C20H20N2O3/c1-14-7-6-10-17(15(14)2)20(24)25-13-19(23)22-12-11-18(21-22)16-8-4-3-5-9-16/h3-10H,11-13H2,1-2H3. The van der Waals surface area contributed by atoms with Gasteiger partial charge in [0.1, 0.15) is 0 Å². The Balaban J connectivity index is 1.61. The van der Waals surface area contributed by atoms with Gasteiger partial charge in [0.15, 0.2) is 6.61 Å². The molecular formula is C20H20N2O3. The summed E-state index contributed by atoms with van der Waals surface area (Å²) in [5, 5.41) is 5.72. The molecule has 0 N–H and O–H groups in total. The number of hydrazone groups is 1. The lowest BCUT2D eigenvalue weighted by Gasteiger charge is -2.12. The van der Waals surface area contributed by atoms with Crippen LogP contribution in [-0.4, -0.2) is 35.7 Å². The first-order chi connectivity index (χ1) is 12.1. The predicted molar refractivity (Wildman–Crippen MR) is 95.5 cm³/mol. The average Bonchev–Trinajstić information content (AvgIpc) is 3.13. The van der Waals surface area contributed by atoms with Gasteiger partial charge in [-0.05, 0) is 36.6 Å². The van der Waals surface area contributed by atoms with E-state index in [-0.39, 0.29) is 12.5 Å². The smallest absolute Gasteiger partial charge is 0.338 e. The first-order valence-corrected chi connectivity index (χ1v) is 8.23. The highest BCUT2D eigenvalue weighted by atomic mass is 16.5. The Labute approximate surface area is 146 Å². The molecule has 1 aliphatic heterocycles. The van der Waals surface area contributed by atoms with E-state index >= 15 is 0 Å². The molecule has 25 heavy (non-hydrogen) atoms. The van der Waals surface area contributed by atoms with Crippen molar-refractivity contribution < 1.29 is 14.3 Å². The van der Waals surface area contributed by atoms with Gasteiger partial charge in [-0.2, -0.15) is 5.10 Å². The summed E-state index contributed by atoms with van der Waals surface area (Å²) in [5.74, 6) is -0.800. The second-order valence-corrected chi connectivity index (χ2v) is 6.00. The first-order valence-electron chi connectivity index (χ1n) is 8.23. The van der Waals surface area contributed by atoms with Gasteiger partial charge in [-0.15, -0.1) is 0 Å². The Kier molecular flexibility index (Phi) is 4.93. The molecule has 128 valence electrons. The van der Waals surface area contributed by atoms with Crippen LogP contribution in [0.25, 0.3) is 0 Å². The average molecular weight is 336 g/mol. The van der Waals surface area contributed by atoms with Gasteiger partial charge < -0.3 is 4.74 Å². The Hall–Kier alpha value is -2.95. The summed E-state index contributed by atoms with van der Waals surface area (Å²) < 4.78 is 5.18. The highest BCUT2D eigenvalue weighted by Gasteiger charge is 2.23. The van der Waals surface area contributed by atoms with E-state index < -0.39 is 5.97 Å². The minimum absolute atomic E-state index is 0.308. The Morgan fingerprint density at radius 1 is 1.08 bits per heavy atom. The zero-order chi connectivity index (χ0) is 17.8. The lowest BCUT2D eigenvalue weighted by atomic mass is 10.0. The number of carbonyl (C=O) groups is 2. The fourth-order valence-corrected chi connectivity index (χ4v) is 2.72. The molecule has 0 atom stereocenters. The summed E-state index contributed by atoms with van der Waals surface area (Å²) in [5.41, 5.74) is 4.24. The zero-order valence-electron chi connectivity index (χ0n) is 14.4. The van der Waals surface area contributed by atoms with E-state index in [0.29, 0.717) is 18.5 Å². The zero-order valence-corrected chi connectivity index (χ0v) is 14.4. The molecule has 1 aliphatic rings. The number of carbonyl (C=O) groups excluding carboxylic acids is 2. The first kappa shape index (κ1) is 16.9. The van der Waals surface area contributed by atoms with Crippen LogP contribution in [0.5, 0.6) is 0 Å². The Morgan fingerprint density at radius 3 is 2.60 bits per heavy atom. The van der Waals surface area contributed by atoms with Gasteiger partial charge in [0.05, 0.1) is 17.8 Å². The van der Waals surface area contributed by atoms with Gasteiger partial charge in [0, 0.05) is 6.42 Å². The Morgan fingerprint density at radius 2 is 1.84 bits per heavy atom. The van der Waals surface area contributed by atoms with E-state index in [4.69, 9.17) is 4.74 Å². The summed E-state index contributed by atoms with van der Waals surface area (Å²) in [6.07, 6.45) is 0.695. The second-order valence-electron chi connectivity index (χ2n) is 6.00. The highest BCUT2D eigenvalue weighted by molar-refractivity contribution is 6.02. The number of aryl methyl sites for hydroxylation is 1. The molecule has 2 aromatic carbocycles. The van der Waals surface area contributed by atoms with Crippen molar-refractivity contribution in [2.45, 2.75) is 20.3 Å². The third-order valence-electron chi connectivity index (χ3n) is 4.35. The number of nitrogens with zero attached hydrogens (tertiary/aromatic N) is 2. The number of ether oxygens (including phenoxy) is 1. The molecule has 0 radical (unpaired) electrons. The molecule has 0 aromatic heterocycles. The van der Waals surface area contributed by atoms with E-state index in [1.54, 1.807) is 12.1 Å². The van der Waals surface area contributed by atoms with Crippen LogP contribution in [-0.2, 0) is 9.53 Å². The number of esters is 1. The molecule has 0 bridgehead atoms. The van der Waals surface area contributed by atoms with E-state index in [0.717, 1.165) is 22.4 Å². The molecule has 1 heterocycles. The molecule has 0 aliphatic carbocycles. The van der Waals surface area contributed by atoms with E-state index in [2.05, 4.69) is 5.10 Å². The molecule has 0 fully saturated rings. The van der Waals surface area contributed by atoms with Crippen LogP contribution in [0, 0.1) is 13.8 Å². The number of amides is 1. The molecule has 3 rings (SSSR count). The summed E-state index contributed by atoms with van der Waals surface area (Å²) in [6.45, 7) is 3.99. The van der Waals surface area contributed by atoms with Crippen molar-refractivity contribution in [2.75, 3.05) is 13.2 Å². The highest BCUT2D eigenvalue weighted by Crippen LogP contribution is 2.15. The van der Waals surface area contributed by atoms with Crippen LogP contribution < -0.4 is 0 Å². The number of benzene rings is 2. The molecule has 0 unspecified atom stereocenters. The van der Waals surface area contributed by atoms with E-state index in [9.17, 15) is 9.59 Å². The van der Waals surface area contributed by atoms with Crippen LogP contribution in [0.15, 0.2) is 53.6 Å². The third kappa shape index (κ3) is 3.76. The maximum atomic E-state index is 12.3. The molecule has 0 saturated carbocycles. The summed E-state index contributed by atoms with van der Waals surface area (Å²) in [4.78, 5) is 24.4. The Bertz CT molecular complexity index is 828. The van der Waals surface area contributed by atoms with Crippen molar-refractivity contribution in [2.24, 2.45) is 5.10 Å². The van der Waals surface area contributed by atoms with Gasteiger partial charge >= 0.3 is 5.97 Å². The molecule has 1 amide bonds. The second kappa shape index (κ2) is 7.30. The minimum Gasteiger partial charge on any atom is -0.452 e. The van der Waals surface area contributed by atoms with Gasteiger partial charge in [-0.1, -0.05) is 42.5 Å². The fourth-order valence-electron chi connectivity index (χ4n) is 2.72. The molecule has 5 heteroatoms. The van der Waals surface area contributed by atoms with Crippen molar-refractivity contribution in [3.63, 3.8) is 0 Å². The van der Waals surface area contributed by atoms with Crippen molar-refractivity contribution in [1.29, 1.82) is 0 Å². The van der Waals surface area contributed by atoms with Gasteiger partial charge in [0.2, 0.25) is 0 Å². The number of hydrogen-bond acceptors (Lipinski definition) is 4. The third-order valence-corrected chi connectivity index (χ3v) is 4.35. The minimum atomic E-state index is -0.485. The largest absolute Gasteiger partial charge is 0.452 e. The molecule has 5 nitrogen and oxygen atoms in total. The topological polar surface area (TPSA) is 59.0 Å². The summed E-state index contributed by atoms with van der Waals surface area (Å²) >= 11 is 0. The lowest BCUT2D eigenvalue weighted by molar-refractivity contribution is -0.134. The van der Waals surface area contributed by atoms with E-state index in [1.165, 1.54) is 5.01 Å². The lowest BCUT2D eigenvalue weighted by Crippen LogP contribution is -2.29. The van der Waals surface area contributed by atoms with Gasteiger partial charge in [-0.3, -0.25) is 4.79 Å². The summed E-state index contributed by atoms with van der Waals surface area (Å²) in [6, 6.07) is 15.2. The molecule has 0 spiro atoms. The van der Waals surface area contributed by atoms with Gasteiger partial charge in [0.25, 0.3) is 5.91 Å². The van der Waals surface area contributed by atoms with Crippen LogP contribution in [0.4, 0.5) is 0 Å². The normalized spacial score (nSPS) is 13.5. The quantitative estimate of drug-likeness (QED) is 0.806. The van der Waals surface area contributed by atoms with Crippen LogP contribution in [0.1, 0.15) is 33.5 Å². The van der Waals surface area contributed by atoms with Crippen molar-refractivity contribution in [3.8, 4) is 0 Å². The molecular weight excluding hydrogens is 316 g/mol. The molecule has 0 saturated heterocycles. The van der Waals surface area contributed by atoms with Crippen molar-refractivity contribution in [3.05, 3.63) is 70.8 Å². The SMILES string of the molecule is Cc1cccc(C(=O)OCC(=O)N2CCC(c3ccccc3)=N2)c1C. The number of rotatable bonds is 4.